The average molecular weight is 612 g/mol. The number of hydrogen-bond acceptors (Lipinski definition) is 7. The van der Waals surface area contributed by atoms with Gasteiger partial charge >= 0.3 is 11.9 Å². The summed E-state index contributed by atoms with van der Waals surface area (Å²) in [6.45, 7) is 4.15. The lowest BCUT2D eigenvalue weighted by atomic mass is 9.79. The smallest absolute Gasteiger partial charge is 0.338 e. The first-order valence-electron chi connectivity index (χ1n) is 14.9. The van der Waals surface area contributed by atoms with Gasteiger partial charge in [0.15, 0.2) is 0 Å². The number of carbonyl (C=O) groups excluding carboxylic acids is 2. The minimum Gasteiger partial charge on any atom is -0.488 e. The van der Waals surface area contributed by atoms with Crippen molar-refractivity contribution in [2.75, 3.05) is 6.61 Å². The van der Waals surface area contributed by atoms with E-state index in [4.69, 9.17) is 14.2 Å². The van der Waals surface area contributed by atoms with Gasteiger partial charge < -0.3 is 14.2 Å². The van der Waals surface area contributed by atoms with Gasteiger partial charge in [0.1, 0.15) is 24.3 Å². The van der Waals surface area contributed by atoms with Crippen LogP contribution >= 0.6 is 0 Å². The van der Waals surface area contributed by atoms with E-state index in [1.54, 1.807) is 31.2 Å². The maximum atomic E-state index is 15.3. The molecule has 0 aliphatic heterocycles. The Kier molecular flexibility index (Phi) is 9.56. The molecule has 0 radical (unpaired) electrons. The summed E-state index contributed by atoms with van der Waals surface area (Å²) in [5, 5.41) is 11.0. The standard InChI is InChI=1S/C36H34FNO7/c1-3-43-35(40)36(20-24(2)33(22-36)45-34(39)27-14-16-28(17-15-27)38(41)42)21-26-13-18-31(37)30(19-26)29-11-7-8-12-32(29)44-23-25-9-5-4-6-10-25/h4-19,24,33H,3,20-23H2,1-2H3/t24-,33+,36-/m1/s1. The van der Waals surface area contributed by atoms with E-state index in [0.717, 1.165) is 11.1 Å². The molecule has 0 heterocycles. The summed E-state index contributed by atoms with van der Waals surface area (Å²) in [6, 6.07) is 26.9. The van der Waals surface area contributed by atoms with Crippen LogP contribution in [0.2, 0.25) is 0 Å². The Morgan fingerprint density at radius 1 is 0.911 bits per heavy atom. The van der Waals surface area contributed by atoms with E-state index in [1.807, 2.05) is 49.4 Å². The summed E-state index contributed by atoms with van der Waals surface area (Å²) in [5.41, 5.74) is 1.69. The molecule has 45 heavy (non-hydrogen) atoms. The number of ether oxygens (including phenoxy) is 3. The Balaban J connectivity index is 1.38. The van der Waals surface area contributed by atoms with Gasteiger partial charge in [0.05, 0.1) is 22.5 Å². The van der Waals surface area contributed by atoms with Crippen molar-refractivity contribution in [1.29, 1.82) is 0 Å². The number of nitro groups is 1. The van der Waals surface area contributed by atoms with Gasteiger partial charge in [-0.15, -0.1) is 0 Å². The molecule has 0 N–H and O–H groups in total. The zero-order valence-electron chi connectivity index (χ0n) is 25.1. The molecule has 1 aliphatic carbocycles. The number of non-ortho nitro benzene ring substituents is 1. The fourth-order valence-electron chi connectivity index (χ4n) is 6.00. The summed E-state index contributed by atoms with van der Waals surface area (Å²) in [7, 11) is 0. The highest BCUT2D eigenvalue weighted by Gasteiger charge is 2.51. The molecule has 4 aromatic carbocycles. The van der Waals surface area contributed by atoms with Gasteiger partial charge in [-0.05, 0) is 67.1 Å². The number of halogens is 1. The molecule has 1 saturated carbocycles. The lowest BCUT2D eigenvalue weighted by Gasteiger charge is -2.27. The first-order valence-corrected chi connectivity index (χ1v) is 14.9. The monoisotopic (exact) mass is 611 g/mol. The van der Waals surface area contributed by atoms with E-state index in [0.29, 0.717) is 29.9 Å². The van der Waals surface area contributed by atoms with Crippen molar-refractivity contribution < 1.29 is 33.1 Å². The predicted octanol–water partition coefficient (Wildman–Crippen LogP) is 7.73. The van der Waals surface area contributed by atoms with E-state index in [9.17, 15) is 19.7 Å². The van der Waals surface area contributed by atoms with Crippen LogP contribution in [-0.2, 0) is 27.3 Å². The lowest BCUT2D eigenvalue weighted by molar-refractivity contribution is -0.384. The zero-order valence-corrected chi connectivity index (χ0v) is 25.1. The number of rotatable bonds is 11. The Bertz CT molecular complexity index is 1670. The van der Waals surface area contributed by atoms with Gasteiger partial charge in [-0.1, -0.05) is 61.5 Å². The van der Waals surface area contributed by atoms with Gasteiger partial charge in [0.25, 0.3) is 5.69 Å². The molecule has 3 atom stereocenters. The molecule has 9 heteroatoms. The highest BCUT2D eigenvalue weighted by atomic mass is 19.1. The van der Waals surface area contributed by atoms with Crippen molar-refractivity contribution in [2.24, 2.45) is 11.3 Å². The molecule has 4 aromatic rings. The van der Waals surface area contributed by atoms with Crippen molar-refractivity contribution >= 4 is 17.6 Å². The number of hydrogen-bond donors (Lipinski definition) is 0. The third-order valence-electron chi connectivity index (χ3n) is 8.21. The first-order chi connectivity index (χ1) is 21.7. The minimum absolute atomic E-state index is 0.133. The molecule has 0 amide bonds. The second kappa shape index (κ2) is 13.7. The maximum absolute atomic E-state index is 15.3. The summed E-state index contributed by atoms with van der Waals surface area (Å²) in [6.07, 6.45) is 0.272. The summed E-state index contributed by atoms with van der Waals surface area (Å²) in [4.78, 5) is 36.9. The first kappa shape index (κ1) is 31.4. The van der Waals surface area contributed by atoms with Crippen LogP contribution in [0, 0.1) is 27.3 Å². The molecule has 5 rings (SSSR count). The SMILES string of the molecule is CCOC(=O)[C@@]1(Cc2ccc(F)c(-c3ccccc3OCc3ccccc3)c2)C[C@@H](C)[C@@H](OC(=O)c2ccc([N+](=O)[O-])cc2)C1. The molecule has 0 aromatic heterocycles. The molecule has 1 aliphatic rings. The second-order valence-corrected chi connectivity index (χ2v) is 11.4. The number of nitrogens with zero attached hydrogens (tertiary/aromatic N) is 1. The van der Waals surface area contributed by atoms with Crippen LogP contribution in [0.4, 0.5) is 10.1 Å². The van der Waals surface area contributed by atoms with E-state index in [-0.39, 0.29) is 36.6 Å². The van der Waals surface area contributed by atoms with Crippen LogP contribution in [0.1, 0.15) is 48.2 Å². The minimum atomic E-state index is -1.01. The third-order valence-corrected chi connectivity index (χ3v) is 8.21. The quantitative estimate of drug-likeness (QED) is 0.0971. The molecule has 0 saturated heterocycles. The van der Waals surface area contributed by atoms with E-state index in [2.05, 4.69) is 0 Å². The van der Waals surface area contributed by atoms with Gasteiger partial charge in [0.2, 0.25) is 0 Å². The summed E-state index contributed by atoms with van der Waals surface area (Å²) >= 11 is 0. The average Bonchev–Trinajstić information content (AvgIpc) is 3.36. The fraction of sp³-hybridized carbons (Fsp3) is 0.278. The van der Waals surface area contributed by atoms with Crippen molar-refractivity contribution in [3.8, 4) is 16.9 Å². The molecular weight excluding hydrogens is 577 g/mol. The molecular formula is C36H34FNO7. The normalized spacial score (nSPS) is 19.1. The van der Waals surface area contributed by atoms with Gasteiger partial charge in [0, 0.05) is 29.7 Å². The molecule has 232 valence electrons. The molecule has 0 spiro atoms. The summed E-state index contributed by atoms with van der Waals surface area (Å²) < 4.78 is 32.8. The van der Waals surface area contributed by atoms with E-state index >= 15 is 4.39 Å². The van der Waals surface area contributed by atoms with Crippen LogP contribution in [0.25, 0.3) is 11.1 Å². The highest BCUT2D eigenvalue weighted by Crippen LogP contribution is 2.47. The van der Waals surface area contributed by atoms with Crippen molar-refractivity contribution in [2.45, 2.75) is 45.8 Å². The zero-order chi connectivity index (χ0) is 32.0. The molecule has 0 bridgehead atoms. The molecule has 1 fully saturated rings. The van der Waals surface area contributed by atoms with Crippen molar-refractivity contribution in [1.82, 2.24) is 0 Å². The van der Waals surface area contributed by atoms with E-state index < -0.39 is 34.2 Å². The van der Waals surface area contributed by atoms with Crippen LogP contribution in [0.15, 0.2) is 97.1 Å². The predicted molar refractivity (Wildman–Crippen MR) is 166 cm³/mol. The van der Waals surface area contributed by atoms with Crippen LogP contribution < -0.4 is 4.74 Å². The molecule has 8 nitrogen and oxygen atoms in total. The Morgan fingerprint density at radius 2 is 1.62 bits per heavy atom. The largest absolute Gasteiger partial charge is 0.488 e. The van der Waals surface area contributed by atoms with Crippen molar-refractivity contribution in [3.63, 3.8) is 0 Å². The lowest BCUT2D eigenvalue weighted by Crippen LogP contribution is -2.34. The summed E-state index contributed by atoms with van der Waals surface area (Å²) in [5.74, 6) is -1.09. The van der Waals surface area contributed by atoms with E-state index in [1.165, 1.54) is 30.3 Å². The number of carbonyl (C=O) groups is 2. The Labute approximate surface area is 260 Å². The van der Waals surface area contributed by atoms with Crippen LogP contribution in [-0.4, -0.2) is 29.6 Å². The topological polar surface area (TPSA) is 105 Å². The highest BCUT2D eigenvalue weighted by molar-refractivity contribution is 5.90. The Morgan fingerprint density at radius 3 is 2.33 bits per heavy atom. The number of benzene rings is 4. The van der Waals surface area contributed by atoms with Crippen molar-refractivity contribution in [3.05, 3.63) is 130 Å². The van der Waals surface area contributed by atoms with Gasteiger partial charge in [-0.3, -0.25) is 14.9 Å². The Hall–Kier alpha value is -5.05. The second-order valence-electron chi connectivity index (χ2n) is 11.4. The van der Waals surface area contributed by atoms with Crippen LogP contribution in [0.3, 0.4) is 0 Å². The number of esters is 2. The van der Waals surface area contributed by atoms with Gasteiger partial charge in [-0.25, -0.2) is 9.18 Å². The fourth-order valence-corrected chi connectivity index (χ4v) is 6.00. The van der Waals surface area contributed by atoms with Crippen LogP contribution in [0.5, 0.6) is 5.75 Å². The van der Waals surface area contributed by atoms with Gasteiger partial charge in [-0.2, -0.15) is 0 Å². The number of para-hydroxylation sites is 1. The molecule has 0 unspecified atom stereocenters. The maximum Gasteiger partial charge on any atom is 0.338 e. The number of nitro benzene ring substituents is 1. The third kappa shape index (κ3) is 7.20.